The molecule has 126 valence electrons. The van der Waals surface area contributed by atoms with Crippen molar-refractivity contribution >= 4 is 34.1 Å². The maximum Gasteiger partial charge on any atom is 0.316 e. The predicted molar refractivity (Wildman–Crippen MR) is 99.9 cm³/mol. The average molecular weight is 352 g/mol. The monoisotopic (exact) mass is 352 g/mol. The van der Waals surface area contributed by atoms with E-state index in [4.69, 9.17) is 5.73 Å². The molecule has 7 heteroatoms. The fourth-order valence-electron chi connectivity index (χ4n) is 2.24. The third kappa shape index (κ3) is 4.21. The Morgan fingerprint density at radius 3 is 2.56 bits per heavy atom. The van der Waals surface area contributed by atoms with E-state index in [2.05, 4.69) is 15.6 Å². The molecule has 25 heavy (non-hydrogen) atoms. The van der Waals surface area contributed by atoms with Gasteiger partial charge < -0.3 is 11.1 Å². The zero-order valence-electron chi connectivity index (χ0n) is 13.4. The molecule has 0 unspecified atom stereocenters. The molecule has 1 aromatic heterocycles. The zero-order chi connectivity index (χ0) is 17.8. The Kier molecular flexibility index (Phi) is 4.76. The van der Waals surface area contributed by atoms with Crippen LogP contribution in [0.3, 0.4) is 0 Å². The Labute approximate surface area is 148 Å². The number of urea groups is 1. The van der Waals surface area contributed by atoms with Crippen LogP contribution >= 0.6 is 11.3 Å². The smallest absolute Gasteiger partial charge is 0.316 e. The van der Waals surface area contributed by atoms with Gasteiger partial charge in [0.15, 0.2) is 5.13 Å². The molecule has 3 aromatic rings. The van der Waals surface area contributed by atoms with Crippen molar-refractivity contribution in [3.63, 3.8) is 0 Å². The molecule has 2 aromatic carbocycles. The first-order chi connectivity index (χ1) is 12.0. The second kappa shape index (κ2) is 7.14. The Balaban J connectivity index is 1.73. The van der Waals surface area contributed by atoms with E-state index in [1.54, 1.807) is 24.3 Å². The number of thiazole rings is 1. The summed E-state index contributed by atoms with van der Waals surface area (Å²) >= 11 is 1.35. The Hall–Kier alpha value is -3.19. The van der Waals surface area contributed by atoms with E-state index < -0.39 is 6.03 Å². The second-order valence-electron chi connectivity index (χ2n) is 5.43. The topological polar surface area (TPSA) is 97.1 Å². The van der Waals surface area contributed by atoms with Crippen molar-refractivity contribution in [2.45, 2.75) is 6.92 Å². The van der Waals surface area contributed by atoms with Crippen LogP contribution in [0.5, 0.6) is 0 Å². The highest BCUT2D eigenvalue weighted by Gasteiger charge is 2.11. The van der Waals surface area contributed by atoms with E-state index in [1.165, 1.54) is 16.9 Å². The van der Waals surface area contributed by atoms with Gasteiger partial charge in [-0.2, -0.15) is 0 Å². The third-order valence-electron chi connectivity index (χ3n) is 3.46. The standard InChI is InChI=1S/C18H16N4O2S/c1-11-5-7-12(8-6-11)15-10-25-18(21-15)22-16(23)13-3-2-4-14(9-13)20-17(19)24/h2-10H,1H3,(H3,19,20,24)(H,21,22,23). The molecule has 0 bridgehead atoms. The summed E-state index contributed by atoms with van der Waals surface area (Å²) < 4.78 is 0. The Bertz CT molecular complexity index is 919. The number of carbonyl (C=O) groups excluding carboxylic acids is 2. The van der Waals surface area contributed by atoms with E-state index in [9.17, 15) is 9.59 Å². The molecule has 0 aliphatic rings. The second-order valence-corrected chi connectivity index (χ2v) is 6.29. The maximum atomic E-state index is 12.4. The van der Waals surface area contributed by atoms with Crippen LogP contribution in [0.1, 0.15) is 15.9 Å². The Morgan fingerprint density at radius 2 is 1.84 bits per heavy atom. The minimum atomic E-state index is -0.680. The molecule has 0 saturated heterocycles. The molecule has 0 saturated carbocycles. The van der Waals surface area contributed by atoms with Gasteiger partial charge in [-0.1, -0.05) is 35.9 Å². The van der Waals surface area contributed by atoms with Gasteiger partial charge >= 0.3 is 6.03 Å². The van der Waals surface area contributed by atoms with Crippen LogP contribution in [0.15, 0.2) is 53.9 Å². The van der Waals surface area contributed by atoms with Gasteiger partial charge in [0, 0.05) is 22.2 Å². The van der Waals surface area contributed by atoms with E-state index in [1.807, 2.05) is 36.6 Å². The summed E-state index contributed by atoms with van der Waals surface area (Å²) in [5.41, 5.74) is 8.92. The molecular weight excluding hydrogens is 336 g/mol. The summed E-state index contributed by atoms with van der Waals surface area (Å²) in [6.45, 7) is 2.03. The van der Waals surface area contributed by atoms with Crippen LogP contribution in [-0.2, 0) is 0 Å². The number of hydrogen-bond acceptors (Lipinski definition) is 4. The number of carbonyl (C=O) groups is 2. The molecule has 4 N–H and O–H groups in total. The number of benzene rings is 2. The zero-order valence-corrected chi connectivity index (χ0v) is 14.3. The van der Waals surface area contributed by atoms with Gasteiger partial charge in [0.05, 0.1) is 5.69 Å². The predicted octanol–water partition coefficient (Wildman–Crippen LogP) is 3.86. The van der Waals surface area contributed by atoms with E-state index in [0.29, 0.717) is 16.4 Å². The summed E-state index contributed by atoms with van der Waals surface area (Å²) in [5.74, 6) is -0.307. The SMILES string of the molecule is Cc1ccc(-c2csc(NC(=O)c3cccc(NC(N)=O)c3)n2)cc1. The molecular formula is C18H16N4O2S. The van der Waals surface area contributed by atoms with E-state index >= 15 is 0 Å². The summed E-state index contributed by atoms with van der Waals surface area (Å²) in [5, 5.41) is 7.61. The van der Waals surface area contributed by atoms with Crippen molar-refractivity contribution in [2.24, 2.45) is 5.73 Å². The largest absolute Gasteiger partial charge is 0.351 e. The molecule has 0 aliphatic heterocycles. The molecule has 6 nitrogen and oxygen atoms in total. The first-order valence-corrected chi connectivity index (χ1v) is 8.40. The number of primary amides is 1. The van der Waals surface area contributed by atoms with Gasteiger partial charge in [0.2, 0.25) is 0 Å². The van der Waals surface area contributed by atoms with E-state index in [-0.39, 0.29) is 5.91 Å². The van der Waals surface area contributed by atoms with Gasteiger partial charge in [-0.05, 0) is 25.1 Å². The number of hydrogen-bond donors (Lipinski definition) is 3. The number of aryl methyl sites for hydroxylation is 1. The molecule has 0 fully saturated rings. The number of anilines is 2. The van der Waals surface area contributed by atoms with Gasteiger partial charge in [-0.25, -0.2) is 9.78 Å². The lowest BCUT2D eigenvalue weighted by Crippen LogP contribution is -2.19. The van der Waals surface area contributed by atoms with Crippen molar-refractivity contribution < 1.29 is 9.59 Å². The summed E-state index contributed by atoms with van der Waals surface area (Å²) in [6.07, 6.45) is 0. The molecule has 0 aliphatic carbocycles. The number of amides is 3. The number of aromatic nitrogens is 1. The number of nitrogens with one attached hydrogen (secondary N) is 2. The molecule has 0 spiro atoms. The van der Waals surface area contributed by atoms with Crippen molar-refractivity contribution in [1.29, 1.82) is 0 Å². The molecule has 0 radical (unpaired) electrons. The highest BCUT2D eigenvalue weighted by atomic mass is 32.1. The first kappa shape index (κ1) is 16.7. The van der Waals surface area contributed by atoms with Gasteiger partial charge in [-0.15, -0.1) is 11.3 Å². The normalized spacial score (nSPS) is 10.3. The van der Waals surface area contributed by atoms with E-state index in [0.717, 1.165) is 11.3 Å². The van der Waals surface area contributed by atoms with Crippen molar-refractivity contribution in [3.05, 3.63) is 65.0 Å². The van der Waals surface area contributed by atoms with Gasteiger partial charge in [-0.3, -0.25) is 10.1 Å². The van der Waals surface area contributed by atoms with Crippen molar-refractivity contribution in [1.82, 2.24) is 4.98 Å². The summed E-state index contributed by atoms with van der Waals surface area (Å²) in [6, 6.07) is 13.9. The molecule has 1 heterocycles. The van der Waals surface area contributed by atoms with Crippen molar-refractivity contribution in [2.75, 3.05) is 10.6 Å². The number of rotatable bonds is 4. The lowest BCUT2D eigenvalue weighted by molar-refractivity contribution is 0.102. The number of nitrogens with zero attached hydrogens (tertiary/aromatic N) is 1. The van der Waals surface area contributed by atoms with Crippen molar-refractivity contribution in [3.8, 4) is 11.3 Å². The highest BCUT2D eigenvalue weighted by molar-refractivity contribution is 7.14. The molecule has 0 atom stereocenters. The maximum absolute atomic E-state index is 12.4. The first-order valence-electron chi connectivity index (χ1n) is 7.52. The minimum absolute atomic E-state index is 0.307. The minimum Gasteiger partial charge on any atom is -0.351 e. The summed E-state index contributed by atoms with van der Waals surface area (Å²) in [7, 11) is 0. The fourth-order valence-corrected chi connectivity index (χ4v) is 2.95. The molecule has 3 amide bonds. The van der Waals surface area contributed by atoms with Crippen LogP contribution in [0, 0.1) is 6.92 Å². The van der Waals surface area contributed by atoms with Crippen LogP contribution in [0.2, 0.25) is 0 Å². The fraction of sp³-hybridized carbons (Fsp3) is 0.0556. The average Bonchev–Trinajstić information content (AvgIpc) is 3.03. The molecule has 3 rings (SSSR count). The highest BCUT2D eigenvalue weighted by Crippen LogP contribution is 2.25. The van der Waals surface area contributed by atoms with Crippen LogP contribution < -0.4 is 16.4 Å². The van der Waals surface area contributed by atoms with Crippen LogP contribution in [0.25, 0.3) is 11.3 Å². The number of nitrogens with two attached hydrogens (primary N) is 1. The van der Waals surface area contributed by atoms with Crippen LogP contribution in [0.4, 0.5) is 15.6 Å². The lowest BCUT2D eigenvalue weighted by atomic mass is 10.1. The van der Waals surface area contributed by atoms with Gasteiger partial charge in [0.1, 0.15) is 0 Å². The van der Waals surface area contributed by atoms with Crippen LogP contribution in [-0.4, -0.2) is 16.9 Å². The summed E-state index contributed by atoms with van der Waals surface area (Å²) in [4.78, 5) is 27.7. The lowest BCUT2D eigenvalue weighted by Gasteiger charge is -2.05. The van der Waals surface area contributed by atoms with Gasteiger partial charge in [0.25, 0.3) is 5.91 Å². The third-order valence-corrected chi connectivity index (χ3v) is 4.22. The quantitative estimate of drug-likeness (QED) is 0.665. The Morgan fingerprint density at radius 1 is 1.08 bits per heavy atom.